The maximum atomic E-state index is 14.9. The van der Waals surface area contributed by atoms with Gasteiger partial charge in [0.25, 0.3) is 0 Å². The number of rotatable bonds is 12. The molecule has 242 valence electrons. The highest BCUT2D eigenvalue weighted by atomic mass is 35.5. The van der Waals surface area contributed by atoms with E-state index in [2.05, 4.69) is 15.6 Å². The highest BCUT2D eigenvalue weighted by Crippen LogP contribution is 2.38. The molecule has 1 aliphatic rings. The van der Waals surface area contributed by atoms with Gasteiger partial charge in [0.2, 0.25) is 0 Å². The summed E-state index contributed by atoms with van der Waals surface area (Å²) >= 11 is 6.10. The van der Waals surface area contributed by atoms with Gasteiger partial charge < -0.3 is 20.1 Å². The second-order valence-electron chi connectivity index (χ2n) is 11.3. The SMILES string of the molecule is O=C(NC1CCC(OCCOCc2ccccc2)C1)N[C@@](Cc1ccccc1)(c1cc(F)cc(C(F)(F)F)c1)c1ccc(Cl)cn1. The van der Waals surface area contributed by atoms with Crippen LogP contribution in [0.15, 0.2) is 97.2 Å². The number of carbonyl (C=O) groups is 1. The average molecular weight is 656 g/mol. The Kier molecular flexibility index (Phi) is 10.9. The van der Waals surface area contributed by atoms with Crippen LogP contribution in [0.2, 0.25) is 5.02 Å². The van der Waals surface area contributed by atoms with Crippen molar-refractivity contribution in [3.8, 4) is 0 Å². The number of alkyl halides is 3. The van der Waals surface area contributed by atoms with E-state index in [1.54, 1.807) is 30.3 Å². The first-order valence-corrected chi connectivity index (χ1v) is 15.3. The highest BCUT2D eigenvalue weighted by molar-refractivity contribution is 6.30. The van der Waals surface area contributed by atoms with E-state index in [0.29, 0.717) is 49.3 Å². The zero-order valence-electron chi connectivity index (χ0n) is 24.9. The van der Waals surface area contributed by atoms with E-state index in [1.807, 2.05) is 30.3 Å². The highest BCUT2D eigenvalue weighted by Gasteiger charge is 2.41. The molecule has 1 saturated carbocycles. The Morgan fingerprint density at radius 2 is 1.59 bits per heavy atom. The number of amides is 2. The maximum absolute atomic E-state index is 14.9. The molecule has 6 nitrogen and oxygen atoms in total. The Morgan fingerprint density at radius 3 is 2.26 bits per heavy atom. The Hall–Kier alpha value is -3.99. The molecule has 2 N–H and O–H groups in total. The minimum Gasteiger partial charge on any atom is -0.376 e. The van der Waals surface area contributed by atoms with E-state index < -0.39 is 29.1 Å². The van der Waals surface area contributed by atoms with Crippen LogP contribution in [0.3, 0.4) is 0 Å². The Morgan fingerprint density at radius 1 is 0.891 bits per heavy atom. The summed E-state index contributed by atoms with van der Waals surface area (Å²) in [7, 11) is 0. The van der Waals surface area contributed by atoms with E-state index in [9.17, 15) is 22.4 Å². The van der Waals surface area contributed by atoms with Crippen LogP contribution in [-0.2, 0) is 34.2 Å². The predicted octanol–water partition coefficient (Wildman–Crippen LogP) is 7.83. The van der Waals surface area contributed by atoms with E-state index in [4.69, 9.17) is 21.1 Å². The minimum absolute atomic E-state index is 0.0178. The summed E-state index contributed by atoms with van der Waals surface area (Å²) in [5.41, 5.74) is -1.04. The molecule has 2 amide bonds. The van der Waals surface area contributed by atoms with Crippen LogP contribution < -0.4 is 10.6 Å². The molecule has 11 heteroatoms. The third-order valence-electron chi connectivity index (χ3n) is 7.93. The van der Waals surface area contributed by atoms with Gasteiger partial charge in [-0.15, -0.1) is 0 Å². The van der Waals surface area contributed by atoms with Gasteiger partial charge in [0.15, 0.2) is 0 Å². The maximum Gasteiger partial charge on any atom is 0.416 e. The molecule has 2 unspecified atom stereocenters. The molecule has 0 aliphatic heterocycles. The number of pyridine rings is 1. The van der Waals surface area contributed by atoms with Gasteiger partial charge in [0.1, 0.15) is 11.4 Å². The summed E-state index contributed by atoms with van der Waals surface area (Å²) in [5, 5.41) is 6.15. The fraction of sp³-hybridized carbons (Fsp3) is 0.314. The quantitative estimate of drug-likeness (QED) is 0.121. The summed E-state index contributed by atoms with van der Waals surface area (Å²) in [5.74, 6) is -1.10. The summed E-state index contributed by atoms with van der Waals surface area (Å²) in [6, 6.07) is 23.1. The number of aromatic nitrogens is 1. The minimum atomic E-state index is -4.82. The van der Waals surface area contributed by atoms with Crippen LogP contribution in [0.1, 0.15) is 47.2 Å². The summed E-state index contributed by atoms with van der Waals surface area (Å²) in [6.45, 7) is 1.32. The molecule has 1 aliphatic carbocycles. The van der Waals surface area contributed by atoms with Crippen LogP contribution >= 0.6 is 11.6 Å². The lowest BCUT2D eigenvalue weighted by atomic mass is 9.79. The van der Waals surface area contributed by atoms with Crippen molar-refractivity contribution in [1.82, 2.24) is 15.6 Å². The van der Waals surface area contributed by atoms with Crippen LogP contribution in [0.5, 0.6) is 0 Å². The lowest BCUT2D eigenvalue weighted by molar-refractivity contribution is -0.137. The molecule has 0 spiro atoms. The van der Waals surface area contributed by atoms with E-state index >= 15 is 0 Å². The zero-order valence-corrected chi connectivity index (χ0v) is 25.7. The zero-order chi connectivity index (χ0) is 32.6. The van der Waals surface area contributed by atoms with Crippen molar-refractivity contribution in [2.75, 3.05) is 13.2 Å². The van der Waals surface area contributed by atoms with E-state index in [0.717, 1.165) is 24.1 Å². The Balaban J connectivity index is 1.33. The third-order valence-corrected chi connectivity index (χ3v) is 8.16. The van der Waals surface area contributed by atoms with Crippen molar-refractivity contribution in [2.24, 2.45) is 0 Å². The molecule has 1 aromatic heterocycles. The number of ether oxygens (including phenoxy) is 2. The fourth-order valence-electron chi connectivity index (χ4n) is 5.73. The van der Waals surface area contributed by atoms with Gasteiger partial charge in [-0.05, 0) is 66.3 Å². The molecule has 4 aromatic rings. The summed E-state index contributed by atoms with van der Waals surface area (Å²) in [6.07, 6.45) is -1.68. The van der Waals surface area contributed by atoms with E-state index in [-0.39, 0.29) is 29.8 Å². The second kappa shape index (κ2) is 15.1. The first-order chi connectivity index (χ1) is 22.1. The molecule has 1 heterocycles. The predicted molar refractivity (Wildman–Crippen MR) is 167 cm³/mol. The van der Waals surface area contributed by atoms with Crippen molar-refractivity contribution >= 4 is 17.6 Å². The largest absolute Gasteiger partial charge is 0.416 e. The van der Waals surface area contributed by atoms with Crippen LogP contribution in [0.25, 0.3) is 0 Å². The number of halogens is 5. The van der Waals surface area contributed by atoms with Crippen molar-refractivity contribution in [2.45, 2.75) is 56.2 Å². The van der Waals surface area contributed by atoms with Crippen LogP contribution in [0, 0.1) is 5.82 Å². The first kappa shape index (κ1) is 33.4. The van der Waals surface area contributed by atoms with Gasteiger partial charge in [0.05, 0.1) is 42.2 Å². The fourth-order valence-corrected chi connectivity index (χ4v) is 5.84. The molecule has 1 fully saturated rings. The van der Waals surface area contributed by atoms with E-state index in [1.165, 1.54) is 18.3 Å². The average Bonchev–Trinajstić information content (AvgIpc) is 3.48. The number of hydrogen-bond donors (Lipinski definition) is 2. The Labute approximate surface area is 270 Å². The number of carbonyl (C=O) groups excluding carboxylic acids is 1. The smallest absolute Gasteiger partial charge is 0.376 e. The Bertz CT molecular complexity index is 1580. The van der Waals surface area contributed by atoms with Gasteiger partial charge in [-0.1, -0.05) is 72.3 Å². The lowest BCUT2D eigenvalue weighted by Crippen LogP contribution is -2.54. The summed E-state index contributed by atoms with van der Waals surface area (Å²) < 4.78 is 68.2. The van der Waals surface area contributed by atoms with Gasteiger partial charge >= 0.3 is 12.2 Å². The van der Waals surface area contributed by atoms with Crippen molar-refractivity contribution in [3.05, 3.63) is 136 Å². The number of hydrogen-bond acceptors (Lipinski definition) is 4. The summed E-state index contributed by atoms with van der Waals surface area (Å²) in [4.78, 5) is 18.1. The monoisotopic (exact) mass is 655 g/mol. The molecular weight excluding hydrogens is 622 g/mol. The standard InChI is InChI=1S/C35H34ClF4N3O3/c36-28-11-14-32(41-22-28)34(21-24-7-3-1-4-8-24,26-17-27(35(38,39)40)19-29(37)18-26)43-33(44)42-30-12-13-31(20-30)46-16-15-45-23-25-9-5-2-6-10-25/h1-11,14,17-19,22,30-31H,12-13,15-16,20-21,23H2,(H2,42,43,44)/t30?,31?,34-/m0/s1. The van der Waals surface area contributed by atoms with Gasteiger partial charge in [-0.25, -0.2) is 9.18 Å². The normalized spacial score (nSPS) is 17.8. The second-order valence-corrected chi connectivity index (χ2v) is 11.7. The molecule has 3 atom stereocenters. The topological polar surface area (TPSA) is 72.5 Å². The molecular formula is C35H34ClF4N3O3. The van der Waals surface area contributed by atoms with Crippen LogP contribution in [0.4, 0.5) is 22.4 Å². The number of benzene rings is 3. The molecule has 0 radical (unpaired) electrons. The number of urea groups is 1. The van der Waals surface area contributed by atoms with Gasteiger partial charge in [-0.3, -0.25) is 4.98 Å². The molecule has 5 rings (SSSR count). The van der Waals surface area contributed by atoms with Gasteiger partial charge in [-0.2, -0.15) is 13.2 Å². The molecule has 46 heavy (non-hydrogen) atoms. The first-order valence-electron chi connectivity index (χ1n) is 15.0. The molecule has 0 bridgehead atoms. The van der Waals surface area contributed by atoms with Crippen molar-refractivity contribution in [1.29, 1.82) is 0 Å². The van der Waals surface area contributed by atoms with Gasteiger partial charge in [0, 0.05) is 18.7 Å². The number of nitrogens with one attached hydrogen (secondary N) is 2. The number of nitrogens with zero attached hydrogens (tertiary/aromatic N) is 1. The lowest BCUT2D eigenvalue weighted by Gasteiger charge is -2.36. The van der Waals surface area contributed by atoms with Crippen LogP contribution in [-0.4, -0.2) is 36.4 Å². The third kappa shape index (κ3) is 8.84. The van der Waals surface area contributed by atoms with Crippen molar-refractivity contribution in [3.63, 3.8) is 0 Å². The molecule has 3 aromatic carbocycles. The van der Waals surface area contributed by atoms with Crippen molar-refractivity contribution < 1.29 is 31.8 Å². The molecule has 0 saturated heterocycles.